The number of benzene rings is 1. The van der Waals surface area contributed by atoms with Crippen molar-refractivity contribution in [2.75, 3.05) is 13.1 Å². The molecule has 1 atom stereocenters. The highest BCUT2D eigenvalue weighted by atomic mass is 16.3. The monoisotopic (exact) mass is 220 g/mol. The summed E-state index contributed by atoms with van der Waals surface area (Å²) >= 11 is 0. The standard InChI is InChI=1S/C12H16N2O2/c1-8-2-3-10(11(15)6-8)12(16)14-9-4-5-13-7-9/h2-3,6,9,13,15H,4-5,7H2,1H3,(H,14,16)/t9-/m0/s1. The predicted molar refractivity (Wildman–Crippen MR) is 61.6 cm³/mol. The van der Waals surface area contributed by atoms with Gasteiger partial charge in [0, 0.05) is 12.6 Å². The van der Waals surface area contributed by atoms with E-state index in [2.05, 4.69) is 10.6 Å². The second-order valence-corrected chi connectivity index (χ2v) is 4.18. The number of phenols is 1. The molecule has 4 heteroatoms. The molecule has 0 bridgehead atoms. The lowest BCUT2D eigenvalue weighted by Gasteiger charge is -2.12. The van der Waals surface area contributed by atoms with Gasteiger partial charge in [0.15, 0.2) is 0 Å². The molecule has 1 aliphatic heterocycles. The summed E-state index contributed by atoms with van der Waals surface area (Å²) in [5.41, 5.74) is 1.29. The highest BCUT2D eigenvalue weighted by Crippen LogP contribution is 2.18. The third kappa shape index (κ3) is 2.33. The number of carbonyl (C=O) groups excluding carboxylic acids is 1. The van der Waals surface area contributed by atoms with Crippen molar-refractivity contribution in [2.45, 2.75) is 19.4 Å². The number of aryl methyl sites for hydroxylation is 1. The van der Waals surface area contributed by atoms with Crippen LogP contribution in [0.1, 0.15) is 22.3 Å². The van der Waals surface area contributed by atoms with Crippen molar-refractivity contribution in [1.29, 1.82) is 0 Å². The van der Waals surface area contributed by atoms with Gasteiger partial charge in [-0.05, 0) is 37.6 Å². The molecule has 16 heavy (non-hydrogen) atoms. The highest BCUT2D eigenvalue weighted by Gasteiger charge is 2.19. The van der Waals surface area contributed by atoms with Crippen LogP contribution in [0.4, 0.5) is 0 Å². The summed E-state index contributed by atoms with van der Waals surface area (Å²) in [5.74, 6) is -0.158. The molecule has 1 aliphatic rings. The van der Waals surface area contributed by atoms with Crippen molar-refractivity contribution in [3.63, 3.8) is 0 Å². The normalized spacial score (nSPS) is 19.7. The van der Waals surface area contributed by atoms with Gasteiger partial charge in [-0.15, -0.1) is 0 Å². The lowest BCUT2D eigenvalue weighted by atomic mass is 10.1. The molecule has 2 rings (SSSR count). The molecule has 86 valence electrons. The molecule has 0 spiro atoms. The Kier molecular flexibility index (Phi) is 3.10. The highest BCUT2D eigenvalue weighted by molar-refractivity contribution is 5.97. The van der Waals surface area contributed by atoms with Crippen LogP contribution in [-0.2, 0) is 0 Å². The van der Waals surface area contributed by atoms with Gasteiger partial charge in [-0.25, -0.2) is 0 Å². The molecule has 1 aromatic rings. The summed E-state index contributed by atoms with van der Waals surface area (Å²) in [6.07, 6.45) is 0.943. The van der Waals surface area contributed by atoms with E-state index in [1.807, 2.05) is 13.0 Å². The van der Waals surface area contributed by atoms with Crippen LogP contribution in [0.3, 0.4) is 0 Å². The number of aromatic hydroxyl groups is 1. The largest absolute Gasteiger partial charge is 0.507 e. The zero-order valence-corrected chi connectivity index (χ0v) is 9.29. The van der Waals surface area contributed by atoms with Crippen molar-refractivity contribution in [2.24, 2.45) is 0 Å². The molecule has 1 heterocycles. The molecule has 3 N–H and O–H groups in total. The molecule has 0 radical (unpaired) electrons. The van der Waals surface area contributed by atoms with Crippen LogP contribution >= 0.6 is 0 Å². The third-order valence-electron chi connectivity index (χ3n) is 2.79. The van der Waals surface area contributed by atoms with Gasteiger partial charge in [-0.1, -0.05) is 6.07 Å². The first-order chi connectivity index (χ1) is 7.66. The maximum Gasteiger partial charge on any atom is 0.255 e. The SMILES string of the molecule is Cc1ccc(C(=O)N[C@H]2CCNC2)c(O)c1. The molecule has 1 fully saturated rings. The van der Waals surface area contributed by atoms with Crippen LogP contribution in [0.25, 0.3) is 0 Å². The van der Waals surface area contributed by atoms with Crippen LogP contribution in [0.2, 0.25) is 0 Å². The maximum absolute atomic E-state index is 11.8. The summed E-state index contributed by atoms with van der Waals surface area (Å²) in [7, 11) is 0. The molecule has 0 aliphatic carbocycles. The van der Waals surface area contributed by atoms with Crippen molar-refractivity contribution in [1.82, 2.24) is 10.6 Å². The van der Waals surface area contributed by atoms with E-state index >= 15 is 0 Å². The molecule has 1 saturated heterocycles. The Morgan fingerprint density at radius 3 is 3.00 bits per heavy atom. The second-order valence-electron chi connectivity index (χ2n) is 4.18. The Morgan fingerprint density at radius 2 is 2.38 bits per heavy atom. The zero-order valence-electron chi connectivity index (χ0n) is 9.29. The van der Waals surface area contributed by atoms with Gasteiger partial charge in [-0.2, -0.15) is 0 Å². The molecule has 1 amide bonds. The maximum atomic E-state index is 11.8. The van der Waals surface area contributed by atoms with Gasteiger partial charge < -0.3 is 15.7 Å². The average Bonchev–Trinajstić information content (AvgIpc) is 2.70. The Balaban J connectivity index is 2.08. The first-order valence-electron chi connectivity index (χ1n) is 5.48. The number of amides is 1. The summed E-state index contributed by atoms with van der Waals surface area (Å²) in [4.78, 5) is 11.8. The van der Waals surface area contributed by atoms with Crippen LogP contribution in [0.5, 0.6) is 5.75 Å². The fourth-order valence-corrected chi connectivity index (χ4v) is 1.87. The van der Waals surface area contributed by atoms with Crippen molar-refractivity contribution in [3.05, 3.63) is 29.3 Å². The number of hydrogen-bond acceptors (Lipinski definition) is 3. The Hall–Kier alpha value is -1.55. The first kappa shape index (κ1) is 11.0. The van der Waals surface area contributed by atoms with E-state index in [0.29, 0.717) is 5.56 Å². The molecular weight excluding hydrogens is 204 g/mol. The van der Waals surface area contributed by atoms with E-state index < -0.39 is 0 Å². The van der Waals surface area contributed by atoms with E-state index in [-0.39, 0.29) is 17.7 Å². The van der Waals surface area contributed by atoms with Gasteiger partial charge in [0.1, 0.15) is 5.75 Å². The number of carbonyl (C=O) groups is 1. The zero-order chi connectivity index (χ0) is 11.5. The first-order valence-corrected chi connectivity index (χ1v) is 5.48. The Morgan fingerprint density at radius 1 is 1.56 bits per heavy atom. The minimum atomic E-state index is -0.203. The Bertz CT molecular complexity index is 398. The number of rotatable bonds is 2. The number of hydrogen-bond donors (Lipinski definition) is 3. The number of phenolic OH excluding ortho intramolecular Hbond substituents is 1. The predicted octanol–water partition coefficient (Wildman–Crippen LogP) is 0.792. The van der Waals surface area contributed by atoms with Gasteiger partial charge >= 0.3 is 0 Å². The van der Waals surface area contributed by atoms with E-state index in [4.69, 9.17) is 0 Å². The minimum Gasteiger partial charge on any atom is -0.507 e. The molecule has 4 nitrogen and oxygen atoms in total. The molecule has 1 aromatic carbocycles. The van der Waals surface area contributed by atoms with Gasteiger partial charge in [0.25, 0.3) is 5.91 Å². The van der Waals surface area contributed by atoms with E-state index in [0.717, 1.165) is 25.1 Å². The molecule has 0 aromatic heterocycles. The molecular formula is C12H16N2O2. The van der Waals surface area contributed by atoms with Crippen molar-refractivity contribution in [3.8, 4) is 5.75 Å². The molecule has 0 unspecified atom stereocenters. The summed E-state index contributed by atoms with van der Waals surface area (Å²) in [5, 5.41) is 15.7. The van der Waals surface area contributed by atoms with Crippen LogP contribution in [-0.4, -0.2) is 30.1 Å². The minimum absolute atomic E-state index is 0.0449. The van der Waals surface area contributed by atoms with E-state index in [1.165, 1.54) is 0 Å². The van der Waals surface area contributed by atoms with E-state index in [9.17, 15) is 9.90 Å². The van der Waals surface area contributed by atoms with Gasteiger partial charge in [-0.3, -0.25) is 4.79 Å². The topological polar surface area (TPSA) is 61.4 Å². The van der Waals surface area contributed by atoms with E-state index in [1.54, 1.807) is 12.1 Å². The summed E-state index contributed by atoms with van der Waals surface area (Å²) in [6, 6.07) is 5.25. The lowest BCUT2D eigenvalue weighted by molar-refractivity contribution is 0.0937. The third-order valence-corrected chi connectivity index (χ3v) is 2.79. The fraction of sp³-hybridized carbons (Fsp3) is 0.417. The average molecular weight is 220 g/mol. The van der Waals surface area contributed by atoms with Gasteiger partial charge in [0.2, 0.25) is 0 Å². The number of nitrogens with one attached hydrogen (secondary N) is 2. The summed E-state index contributed by atoms with van der Waals surface area (Å²) in [6.45, 7) is 3.62. The van der Waals surface area contributed by atoms with Gasteiger partial charge in [0.05, 0.1) is 5.56 Å². The molecule has 0 saturated carbocycles. The van der Waals surface area contributed by atoms with Crippen LogP contribution < -0.4 is 10.6 Å². The van der Waals surface area contributed by atoms with Crippen LogP contribution in [0, 0.1) is 6.92 Å². The Labute approximate surface area is 94.7 Å². The fourth-order valence-electron chi connectivity index (χ4n) is 1.87. The van der Waals surface area contributed by atoms with Crippen molar-refractivity contribution >= 4 is 5.91 Å². The van der Waals surface area contributed by atoms with Crippen LogP contribution in [0.15, 0.2) is 18.2 Å². The lowest BCUT2D eigenvalue weighted by Crippen LogP contribution is -2.36. The van der Waals surface area contributed by atoms with Crippen molar-refractivity contribution < 1.29 is 9.90 Å². The summed E-state index contributed by atoms with van der Waals surface area (Å²) < 4.78 is 0. The second kappa shape index (κ2) is 4.53. The smallest absolute Gasteiger partial charge is 0.255 e. The quantitative estimate of drug-likeness (QED) is 0.690.